The molecule has 1 aromatic heterocycles. The first-order valence-corrected chi connectivity index (χ1v) is 11.6. The van der Waals surface area contributed by atoms with E-state index in [2.05, 4.69) is 4.98 Å². The van der Waals surface area contributed by atoms with Crippen molar-refractivity contribution in [3.05, 3.63) is 57.9 Å². The lowest BCUT2D eigenvalue weighted by Crippen LogP contribution is -2.37. The van der Waals surface area contributed by atoms with Gasteiger partial charge < -0.3 is 14.4 Å². The van der Waals surface area contributed by atoms with Crippen molar-refractivity contribution in [3.63, 3.8) is 0 Å². The van der Waals surface area contributed by atoms with Crippen LogP contribution in [0.2, 0.25) is 0 Å². The molecule has 0 saturated carbocycles. The van der Waals surface area contributed by atoms with Gasteiger partial charge >= 0.3 is 0 Å². The first-order valence-electron chi connectivity index (χ1n) is 10.6. The number of ether oxygens (including phenoxy) is 2. The Morgan fingerprint density at radius 1 is 1.12 bits per heavy atom. The van der Waals surface area contributed by atoms with Crippen LogP contribution >= 0.6 is 11.8 Å². The maximum atomic E-state index is 13.0. The molecule has 0 spiro atoms. The summed E-state index contributed by atoms with van der Waals surface area (Å²) in [6.45, 7) is 5.07. The number of fused-ring (bicyclic) bond motifs is 2. The van der Waals surface area contributed by atoms with Gasteiger partial charge in [0.15, 0.2) is 16.7 Å². The number of nitrogens with zero attached hydrogens (tertiary/aromatic N) is 3. The van der Waals surface area contributed by atoms with Crippen molar-refractivity contribution in [2.75, 3.05) is 26.5 Å². The van der Waals surface area contributed by atoms with Crippen molar-refractivity contribution >= 4 is 28.6 Å². The molecule has 0 atom stereocenters. The highest BCUT2D eigenvalue weighted by Gasteiger charge is 2.24. The Morgan fingerprint density at radius 2 is 1.81 bits per heavy atom. The van der Waals surface area contributed by atoms with Gasteiger partial charge in [0.25, 0.3) is 5.56 Å². The van der Waals surface area contributed by atoms with Gasteiger partial charge in [-0.25, -0.2) is 4.98 Å². The van der Waals surface area contributed by atoms with Gasteiger partial charge in [-0.05, 0) is 55.7 Å². The van der Waals surface area contributed by atoms with Crippen LogP contribution in [0.15, 0.2) is 46.3 Å². The number of carbonyl (C=O) groups is 1. The average Bonchev–Trinajstić information content (AvgIpc) is 2.80. The highest BCUT2D eigenvalue weighted by atomic mass is 32.2. The molecule has 8 heteroatoms. The standard InChI is InChI=1S/C24H27N3O4S/c1-15(2)27-23(29)18-7-5-6-8-19(18)25-24(27)32-14-22(28)26-10-9-16-11-20(30-3)21(31-4)12-17(16)13-26/h5-8,11-12,15H,9-10,13-14H2,1-4H3. The van der Waals surface area contributed by atoms with Crippen LogP contribution in [0.25, 0.3) is 10.9 Å². The lowest BCUT2D eigenvalue weighted by Gasteiger charge is -2.29. The van der Waals surface area contributed by atoms with E-state index in [4.69, 9.17) is 9.47 Å². The van der Waals surface area contributed by atoms with Crippen molar-refractivity contribution in [2.45, 2.75) is 38.0 Å². The zero-order chi connectivity index (χ0) is 22.8. The molecule has 1 aliphatic heterocycles. The van der Waals surface area contributed by atoms with Crippen molar-refractivity contribution in [3.8, 4) is 11.5 Å². The summed E-state index contributed by atoms with van der Waals surface area (Å²) in [6.07, 6.45) is 0.761. The van der Waals surface area contributed by atoms with Crippen LogP contribution in [0.4, 0.5) is 0 Å². The lowest BCUT2D eigenvalue weighted by atomic mass is 9.99. The number of aromatic nitrogens is 2. The first kappa shape index (κ1) is 22.2. The second-order valence-electron chi connectivity index (χ2n) is 8.01. The molecule has 1 aliphatic rings. The topological polar surface area (TPSA) is 73.7 Å². The summed E-state index contributed by atoms with van der Waals surface area (Å²) in [6, 6.07) is 11.2. The smallest absolute Gasteiger partial charge is 0.262 e. The molecule has 4 rings (SSSR count). The summed E-state index contributed by atoms with van der Waals surface area (Å²) < 4.78 is 12.5. The SMILES string of the molecule is COc1cc2c(cc1OC)CN(C(=O)CSc1nc3ccccc3c(=O)n1C(C)C)CC2. The Hall–Kier alpha value is -3.00. The van der Waals surface area contributed by atoms with Gasteiger partial charge in [0.1, 0.15) is 0 Å². The van der Waals surface area contributed by atoms with Gasteiger partial charge in [0, 0.05) is 19.1 Å². The third-order valence-electron chi connectivity index (χ3n) is 5.69. The first-order chi connectivity index (χ1) is 15.4. The molecular weight excluding hydrogens is 426 g/mol. The van der Waals surface area contributed by atoms with Gasteiger partial charge in [0.2, 0.25) is 5.91 Å². The number of benzene rings is 2. The fourth-order valence-corrected chi connectivity index (χ4v) is 5.03. The minimum Gasteiger partial charge on any atom is -0.493 e. The van der Waals surface area contributed by atoms with Crippen LogP contribution in [0.3, 0.4) is 0 Å². The zero-order valence-electron chi connectivity index (χ0n) is 18.8. The molecule has 2 heterocycles. The van der Waals surface area contributed by atoms with Crippen molar-refractivity contribution in [1.82, 2.24) is 14.5 Å². The maximum absolute atomic E-state index is 13.0. The summed E-state index contributed by atoms with van der Waals surface area (Å²) >= 11 is 1.32. The highest BCUT2D eigenvalue weighted by molar-refractivity contribution is 7.99. The Labute approximate surface area is 191 Å². The Bertz CT molecular complexity index is 1220. The normalized spacial score (nSPS) is 13.3. The van der Waals surface area contributed by atoms with Gasteiger partial charge in [-0.2, -0.15) is 0 Å². The van der Waals surface area contributed by atoms with E-state index in [1.54, 1.807) is 24.9 Å². The molecule has 0 bridgehead atoms. The van der Waals surface area contributed by atoms with Crippen molar-refractivity contribution in [1.29, 1.82) is 0 Å². The van der Waals surface area contributed by atoms with Crippen LogP contribution in [0, 0.1) is 0 Å². The summed E-state index contributed by atoms with van der Waals surface area (Å²) in [5.74, 6) is 1.61. The molecule has 0 saturated heterocycles. The van der Waals surface area contributed by atoms with E-state index >= 15 is 0 Å². The van der Waals surface area contributed by atoms with Crippen LogP contribution < -0.4 is 15.0 Å². The van der Waals surface area contributed by atoms with E-state index in [0.29, 0.717) is 40.6 Å². The van der Waals surface area contributed by atoms with Gasteiger partial charge in [-0.1, -0.05) is 23.9 Å². The quantitative estimate of drug-likeness (QED) is 0.419. The monoisotopic (exact) mass is 453 g/mol. The fourth-order valence-electron chi connectivity index (χ4n) is 4.00. The maximum Gasteiger partial charge on any atom is 0.262 e. The number of hydrogen-bond donors (Lipinski definition) is 0. The molecule has 2 aromatic carbocycles. The van der Waals surface area contributed by atoms with Crippen LogP contribution in [-0.2, 0) is 17.8 Å². The minimum absolute atomic E-state index is 0.0214. The van der Waals surface area contributed by atoms with Gasteiger partial charge in [-0.15, -0.1) is 0 Å². The predicted octanol–water partition coefficient (Wildman–Crippen LogP) is 3.67. The number of amides is 1. The molecule has 1 amide bonds. The second kappa shape index (κ2) is 9.24. The van der Waals surface area contributed by atoms with E-state index in [9.17, 15) is 9.59 Å². The van der Waals surface area contributed by atoms with Crippen molar-refractivity contribution < 1.29 is 14.3 Å². The van der Waals surface area contributed by atoms with Crippen LogP contribution in [0.5, 0.6) is 11.5 Å². The average molecular weight is 454 g/mol. The molecule has 168 valence electrons. The minimum atomic E-state index is -0.0755. The lowest BCUT2D eigenvalue weighted by molar-refractivity contribution is -0.129. The Kier molecular flexibility index (Phi) is 6.41. The van der Waals surface area contributed by atoms with E-state index < -0.39 is 0 Å². The van der Waals surface area contributed by atoms with Crippen LogP contribution in [0.1, 0.15) is 31.0 Å². The van der Waals surface area contributed by atoms with E-state index in [1.807, 2.05) is 49.1 Å². The van der Waals surface area contributed by atoms with E-state index in [-0.39, 0.29) is 23.3 Å². The third kappa shape index (κ3) is 4.19. The molecule has 7 nitrogen and oxygen atoms in total. The highest BCUT2D eigenvalue weighted by Crippen LogP contribution is 2.33. The van der Waals surface area contributed by atoms with Gasteiger partial charge in [0.05, 0.1) is 30.9 Å². The zero-order valence-corrected chi connectivity index (χ0v) is 19.6. The van der Waals surface area contributed by atoms with Gasteiger partial charge in [-0.3, -0.25) is 14.2 Å². The summed E-state index contributed by atoms with van der Waals surface area (Å²) in [7, 11) is 3.23. The molecule has 0 N–H and O–H groups in total. The third-order valence-corrected chi connectivity index (χ3v) is 6.62. The molecular formula is C24H27N3O4S. The molecule has 0 unspecified atom stereocenters. The summed E-state index contributed by atoms with van der Waals surface area (Å²) in [5, 5.41) is 1.16. The number of thioether (sulfide) groups is 1. The van der Waals surface area contributed by atoms with E-state index in [1.165, 1.54) is 17.3 Å². The van der Waals surface area contributed by atoms with Crippen molar-refractivity contribution in [2.24, 2.45) is 0 Å². The summed E-state index contributed by atoms with van der Waals surface area (Å²) in [4.78, 5) is 32.5. The molecule has 32 heavy (non-hydrogen) atoms. The molecule has 3 aromatic rings. The number of para-hydroxylation sites is 1. The number of hydrogen-bond acceptors (Lipinski definition) is 6. The predicted molar refractivity (Wildman–Crippen MR) is 126 cm³/mol. The van der Waals surface area contributed by atoms with E-state index in [0.717, 1.165) is 12.0 Å². The largest absolute Gasteiger partial charge is 0.493 e. The molecule has 0 radical (unpaired) electrons. The Morgan fingerprint density at radius 3 is 2.50 bits per heavy atom. The number of carbonyl (C=O) groups excluding carboxylic acids is 1. The number of rotatable bonds is 6. The molecule has 0 fully saturated rings. The summed E-state index contributed by atoms with van der Waals surface area (Å²) in [5.41, 5.74) is 2.81. The second-order valence-corrected chi connectivity index (χ2v) is 8.95. The Balaban J connectivity index is 1.53. The fraction of sp³-hybridized carbons (Fsp3) is 0.375. The van der Waals surface area contributed by atoms with Crippen LogP contribution in [-0.4, -0.2) is 46.9 Å². The molecule has 0 aliphatic carbocycles. The number of methoxy groups -OCH3 is 2.